The van der Waals surface area contributed by atoms with E-state index >= 15 is 0 Å². The summed E-state index contributed by atoms with van der Waals surface area (Å²) in [5, 5.41) is 11.1. The molecule has 2 aromatic rings. The van der Waals surface area contributed by atoms with Crippen molar-refractivity contribution < 1.29 is 9.47 Å². The lowest BCUT2D eigenvalue weighted by molar-refractivity contribution is 0.393. The zero-order valence-corrected chi connectivity index (χ0v) is 20.6. The molecule has 0 amide bonds. The van der Waals surface area contributed by atoms with Gasteiger partial charge in [0, 0.05) is 62.8 Å². The maximum Gasteiger partial charge on any atom is 0.191 e. The van der Waals surface area contributed by atoms with Crippen LogP contribution >= 0.6 is 24.0 Å². The third-order valence-corrected chi connectivity index (χ3v) is 5.20. The number of hydrogen-bond donors (Lipinski definition) is 2. The molecule has 0 saturated carbocycles. The van der Waals surface area contributed by atoms with Gasteiger partial charge in [-0.15, -0.1) is 24.0 Å². The summed E-state index contributed by atoms with van der Waals surface area (Å²) in [6.07, 6.45) is 3.87. The number of piperidine rings is 1. The third-order valence-electron chi connectivity index (χ3n) is 5.20. The van der Waals surface area contributed by atoms with E-state index in [1.165, 1.54) is 0 Å². The van der Waals surface area contributed by atoms with Crippen LogP contribution in [0.1, 0.15) is 25.5 Å². The van der Waals surface area contributed by atoms with Crippen molar-refractivity contribution in [3.63, 3.8) is 0 Å². The second-order valence-corrected chi connectivity index (χ2v) is 7.12. The number of methoxy groups -OCH3 is 2. The molecule has 0 unspecified atom stereocenters. The molecule has 1 saturated heterocycles. The molecule has 1 aromatic heterocycles. The van der Waals surface area contributed by atoms with Gasteiger partial charge < -0.3 is 25.0 Å². The summed E-state index contributed by atoms with van der Waals surface area (Å²) in [7, 11) is 5.30. The van der Waals surface area contributed by atoms with Crippen LogP contribution in [0, 0.1) is 0 Å². The Morgan fingerprint density at radius 1 is 1.17 bits per heavy atom. The zero-order valence-electron chi connectivity index (χ0n) is 18.2. The van der Waals surface area contributed by atoms with E-state index in [-0.39, 0.29) is 24.0 Å². The Balaban J connectivity index is 0.00000320. The van der Waals surface area contributed by atoms with Crippen molar-refractivity contribution in [2.24, 2.45) is 12.0 Å². The molecule has 1 fully saturated rings. The number of rotatable bonds is 7. The number of hydrogen-bond acceptors (Lipinski definition) is 5. The van der Waals surface area contributed by atoms with Crippen LogP contribution in [-0.4, -0.2) is 55.6 Å². The van der Waals surface area contributed by atoms with Crippen LogP contribution in [0.2, 0.25) is 0 Å². The van der Waals surface area contributed by atoms with Gasteiger partial charge in [-0.2, -0.15) is 5.10 Å². The van der Waals surface area contributed by atoms with E-state index in [1.807, 2.05) is 23.9 Å². The molecule has 2 heterocycles. The van der Waals surface area contributed by atoms with Crippen molar-refractivity contribution in [3.8, 4) is 11.5 Å². The van der Waals surface area contributed by atoms with Gasteiger partial charge in [-0.25, -0.2) is 4.99 Å². The Bertz CT molecular complexity index is 795. The highest BCUT2D eigenvalue weighted by molar-refractivity contribution is 14.0. The summed E-state index contributed by atoms with van der Waals surface area (Å²) in [6, 6.07) is 8.42. The number of nitrogens with zero attached hydrogens (tertiary/aromatic N) is 4. The molecule has 166 valence electrons. The Morgan fingerprint density at radius 3 is 2.37 bits per heavy atom. The van der Waals surface area contributed by atoms with Crippen LogP contribution < -0.4 is 25.0 Å². The minimum atomic E-state index is 0. The van der Waals surface area contributed by atoms with Crippen molar-refractivity contribution >= 4 is 35.6 Å². The first-order valence-corrected chi connectivity index (χ1v) is 10.1. The fraction of sp³-hybridized carbons (Fsp3) is 0.524. The van der Waals surface area contributed by atoms with E-state index in [0.717, 1.165) is 61.3 Å². The first kappa shape index (κ1) is 24.1. The minimum absolute atomic E-state index is 0. The summed E-state index contributed by atoms with van der Waals surface area (Å²) in [6.45, 7) is 5.46. The van der Waals surface area contributed by atoms with E-state index in [9.17, 15) is 0 Å². The average molecular weight is 528 g/mol. The number of aryl methyl sites for hydroxylation is 1. The summed E-state index contributed by atoms with van der Waals surface area (Å²) in [5.74, 6) is 2.49. The Morgan fingerprint density at radius 2 is 1.83 bits per heavy atom. The van der Waals surface area contributed by atoms with Gasteiger partial charge in [0.25, 0.3) is 0 Å². The summed E-state index contributed by atoms with van der Waals surface area (Å²) in [4.78, 5) is 7.10. The number of aromatic nitrogens is 2. The molecule has 2 N–H and O–H groups in total. The molecule has 8 nitrogen and oxygen atoms in total. The van der Waals surface area contributed by atoms with E-state index in [1.54, 1.807) is 20.4 Å². The van der Waals surface area contributed by atoms with Gasteiger partial charge in [0.1, 0.15) is 11.5 Å². The van der Waals surface area contributed by atoms with Crippen LogP contribution in [0.5, 0.6) is 11.5 Å². The van der Waals surface area contributed by atoms with Gasteiger partial charge in [-0.3, -0.25) is 4.68 Å². The van der Waals surface area contributed by atoms with E-state index in [4.69, 9.17) is 14.5 Å². The van der Waals surface area contributed by atoms with Crippen molar-refractivity contribution in [3.05, 3.63) is 36.2 Å². The topological polar surface area (TPSA) is 75.9 Å². The van der Waals surface area contributed by atoms with Gasteiger partial charge in [0.15, 0.2) is 5.96 Å². The molecular formula is C21H33IN6O2. The smallest absolute Gasteiger partial charge is 0.191 e. The first-order chi connectivity index (χ1) is 14.1. The molecule has 0 spiro atoms. The number of benzene rings is 1. The lowest BCUT2D eigenvalue weighted by Crippen LogP contribution is -2.48. The molecule has 0 aliphatic carbocycles. The predicted molar refractivity (Wildman–Crippen MR) is 131 cm³/mol. The number of halogens is 1. The van der Waals surface area contributed by atoms with Gasteiger partial charge in [0.05, 0.1) is 26.5 Å². The second kappa shape index (κ2) is 11.9. The highest BCUT2D eigenvalue weighted by Gasteiger charge is 2.21. The lowest BCUT2D eigenvalue weighted by Gasteiger charge is -2.34. The molecule has 30 heavy (non-hydrogen) atoms. The zero-order chi connectivity index (χ0) is 20.6. The highest BCUT2D eigenvalue weighted by Crippen LogP contribution is 2.30. The molecule has 1 aliphatic heterocycles. The number of nitrogens with one attached hydrogen (secondary N) is 2. The van der Waals surface area contributed by atoms with Gasteiger partial charge in [-0.05, 0) is 25.8 Å². The maximum absolute atomic E-state index is 5.41. The van der Waals surface area contributed by atoms with Gasteiger partial charge in [-0.1, -0.05) is 0 Å². The quantitative estimate of drug-likeness (QED) is 0.327. The average Bonchev–Trinajstić information content (AvgIpc) is 3.17. The number of aliphatic imine (C=N–C) groups is 1. The molecule has 1 aliphatic rings. The number of anilines is 1. The SMILES string of the molecule is CCNC(=NCc1ccnn1C)NC1CCN(c2cc(OC)cc(OC)c2)CC1.I. The van der Waals surface area contributed by atoms with Crippen LogP contribution in [0.4, 0.5) is 5.69 Å². The monoisotopic (exact) mass is 528 g/mol. The van der Waals surface area contributed by atoms with Crippen LogP contribution in [-0.2, 0) is 13.6 Å². The summed E-state index contributed by atoms with van der Waals surface area (Å²) in [5.41, 5.74) is 2.22. The van der Waals surface area contributed by atoms with E-state index < -0.39 is 0 Å². The first-order valence-electron chi connectivity index (χ1n) is 10.1. The van der Waals surface area contributed by atoms with Crippen molar-refractivity contribution in [1.82, 2.24) is 20.4 Å². The van der Waals surface area contributed by atoms with Crippen molar-refractivity contribution in [1.29, 1.82) is 0 Å². The fourth-order valence-electron chi connectivity index (χ4n) is 3.49. The molecule has 0 radical (unpaired) electrons. The molecule has 9 heteroatoms. The lowest BCUT2D eigenvalue weighted by atomic mass is 10.0. The summed E-state index contributed by atoms with van der Waals surface area (Å²) < 4.78 is 12.7. The summed E-state index contributed by atoms with van der Waals surface area (Å²) >= 11 is 0. The van der Waals surface area contributed by atoms with E-state index in [2.05, 4.69) is 39.7 Å². The van der Waals surface area contributed by atoms with Crippen molar-refractivity contribution in [2.75, 3.05) is 38.8 Å². The van der Waals surface area contributed by atoms with Gasteiger partial charge in [0.2, 0.25) is 0 Å². The van der Waals surface area contributed by atoms with Crippen LogP contribution in [0.15, 0.2) is 35.5 Å². The number of guanidine groups is 1. The molecular weight excluding hydrogens is 495 g/mol. The predicted octanol–water partition coefficient (Wildman–Crippen LogP) is 2.78. The maximum atomic E-state index is 5.41. The molecule has 3 rings (SSSR count). The molecule has 0 atom stereocenters. The largest absolute Gasteiger partial charge is 0.497 e. The van der Waals surface area contributed by atoms with Gasteiger partial charge >= 0.3 is 0 Å². The van der Waals surface area contributed by atoms with Crippen LogP contribution in [0.25, 0.3) is 0 Å². The van der Waals surface area contributed by atoms with Crippen LogP contribution in [0.3, 0.4) is 0 Å². The molecule has 0 bridgehead atoms. The second-order valence-electron chi connectivity index (χ2n) is 7.12. The number of ether oxygens (including phenoxy) is 2. The minimum Gasteiger partial charge on any atom is -0.497 e. The fourth-order valence-corrected chi connectivity index (χ4v) is 3.49. The van der Waals surface area contributed by atoms with Crippen molar-refractivity contribution in [2.45, 2.75) is 32.4 Å². The van der Waals surface area contributed by atoms with E-state index in [0.29, 0.717) is 12.6 Å². The highest BCUT2D eigenvalue weighted by atomic mass is 127. The standard InChI is InChI=1S/C21H32N6O2.HI/c1-5-22-21(23-15-17-6-9-24-26(17)2)25-16-7-10-27(11-8-16)18-12-19(28-3)14-20(13-18)29-4;/h6,9,12-14,16H,5,7-8,10-11,15H2,1-4H3,(H2,22,23,25);1H. The Kier molecular flexibility index (Phi) is 9.54. The third kappa shape index (κ3) is 6.41. The normalized spacial score (nSPS) is 14.8. The Labute approximate surface area is 196 Å². The Hall–Kier alpha value is -2.17. The molecule has 1 aromatic carbocycles.